The van der Waals surface area contributed by atoms with Gasteiger partial charge in [-0.15, -0.1) is 0 Å². The molecule has 0 saturated heterocycles. The van der Waals surface area contributed by atoms with Gasteiger partial charge < -0.3 is 5.11 Å². The van der Waals surface area contributed by atoms with E-state index in [1.54, 1.807) is 13.8 Å². The van der Waals surface area contributed by atoms with Crippen LogP contribution in [0.1, 0.15) is 46.5 Å². The van der Waals surface area contributed by atoms with E-state index in [-0.39, 0.29) is 5.92 Å². The lowest BCUT2D eigenvalue weighted by Gasteiger charge is -2.29. The molecule has 1 rings (SSSR count). The summed E-state index contributed by atoms with van der Waals surface area (Å²) in [5, 5.41) is 9.62. The summed E-state index contributed by atoms with van der Waals surface area (Å²) in [6.07, 6.45) is 3.32. The molecule has 2 unspecified atom stereocenters. The summed E-state index contributed by atoms with van der Waals surface area (Å²) in [7, 11) is 0. The summed E-state index contributed by atoms with van der Waals surface area (Å²) in [4.78, 5) is 11.5. The van der Waals surface area contributed by atoms with E-state index in [1.807, 2.05) is 0 Å². The van der Waals surface area contributed by atoms with Gasteiger partial charge in [-0.05, 0) is 39.0 Å². The zero-order valence-corrected chi connectivity index (χ0v) is 8.84. The third-order valence-corrected chi connectivity index (χ3v) is 2.77. The van der Waals surface area contributed by atoms with Crippen molar-refractivity contribution in [1.29, 1.82) is 0 Å². The quantitative estimate of drug-likeness (QED) is 0.714. The number of hydrogen-bond donors (Lipinski definition) is 1. The van der Waals surface area contributed by atoms with Gasteiger partial charge in [0.1, 0.15) is 5.78 Å². The Balaban J connectivity index is 2.52. The second-order valence-corrected chi connectivity index (χ2v) is 5.06. The molecule has 13 heavy (non-hydrogen) atoms. The van der Waals surface area contributed by atoms with Crippen LogP contribution in [0, 0.1) is 11.8 Å². The van der Waals surface area contributed by atoms with Gasteiger partial charge in [-0.1, -0.05) is 6.92 Å². The Morgan fingerprint density at radius 3 is 2.69 bits per heavy atom. The Hall–Kier alpha value is -0.370. The van der Waals surface area contributed by atoms with Crippen LogP contribution in [0.15, 0.2) is 0 Å². The van der Waals surface area contributed by atoms with Gasteiger partial charge in [-0.2, -0.15) is 0 Å². The maximum Gasteiger partial charge on any atom is 0.136 e. The predicted molar refractivity (Wildman–Crippen MR) is 52.4 cm³/mol. The van der Waals surface area contributed by atoms with Crippen molar-refractivity contribution in [3.05, 3.63) is 0 Å². The number of carbonyl (C=O) groups excluding carboxylic acids is 1. The number of ketones is 1. The molecular formula is C11H20O2. The van der Waals surface area contributed by atoms with Crippen molar-refractivity contribution in [3.8, 4) is 0 Å². The molecule has 1 fully saturated rings. The summed E-state index contributed by atoms with van der Waals surface area (Å²) in [5.74, 6) is 1.09. The third kappa shape index (κ3) is 3.47. The average Bonchev–Trinajstić information content (AvgIpc) is 1.94. The molecule has 0 aromatic rings. The van der Waals surface area contributed by atoms with Crippen LogP contribution in [0.4, 0.5) is 0 Å². The molecule has 0 heterocycles. The molecule has 0 aliphatic heterocycles. The Bertz CT molecular complexity index is 191. The van der Waals surface area contributed by atoms with Crippen molar-refractivity contribution < 1.29 is 9.90 Å². The highest BCUT2D eigenvalue weighted by molar-refractivity contribution is 5.81. The molecular weight excluding hydrogens is 164 g/mol. The van der Waals surface area contributed by atoms with Gasteiger partial charge in [0, 0.05) is 12.3 Å². The van der Waals surface area contributed by atoms with E-state index in [0.29, 0.717) is 24.5 Å². The number of aliphatic hydroxyl groups is 1. The van der Waals surface area contributed by atoms with Gasteiger partial charge in [0.15, 0.2) is 0 Å². The maximum atomic E-state index is 11.5. The summed E-state index contributed by atoms with van der Waals surface area (Å²) >= 11 is 0. The van der Waals surface area contributed by atoms with Crippen molar-refractivity contribution in [1.82, 2.24) is 0 Å². The van der Waals surface area contributed by atoms with Crippen molar-refractivity contribution in [2.24, 2.45) is 11.8 Å². The topological polar surface area (TPSA) is 37.3 Å². The van der Waals surface area contributed by atoms with E-state index >= 15 is 0 Å². The van der Waals surface area contributed by atoms with Crippen LogP contribution in [0.3, 0.4) is 0 Å². The van der Waals surface area contributed by atoms with Crippen molar-refractivity contribution in [3.63, 3.8) is 0 Å². The average molecular weight is 184 g/mol. The fourth-order valence-electron chi connectivity index (χ4n) is 2.13. The molecule has 1 saturated carbocycles. The summed E-state index contributed by atoms with van der Waals surface area (Å²) < 4.78 is 0. The second kappa shape index (κ2) is 3.79. The number of hydrogen-bond acceptors (Lipinski definition) is 2. The zero-order chi connectivity index (χ0) is 10.1. The first kappa shape index (κ1) is 10.7. The Morgan fingerprint density at radius 1 is 1.54 bits per heavy atom. The standard InChI is InChI=1S/C11H20O2/c1-8-4-5-10(12)9(6-8)7-11(2,3)13/h8-9,13H,4-7H2,1-3H3. The molecule has 76 valence electrons. The lowest BCUT2D eigenvalue weighted by Crippen LogP contribution is -2.31. The van der Waals surface area contributed by atoms with E-state index in [1.165, 1.54) is 0 Å². The van der Waals surface area contributed by atoms with E-state index < -0.39 is 5.60 Å². The lowest BCUT2D eigenvalue weighted by atomic mass is 9.77. The van der Waals surface area contributed by atoms with Gasteiger partial charge in [0.05, 0.1) is 5.60 Å². The monoisotopic (exact) mass is 184 g/mol. The van der Waals surface area contributed by atoms with E-state index in [2.05, 4.69) is 6.92 Å². The minimum absolute atomic E-state index is 0.101. The van der Waals surface area contributed by atoms with Crippen molar-refractivity contribution >= 4 is 5.78 Å². The van der Waals surface area contributed by atoms with Crippen molar-refractivity contribution in [2.75, 3.05) is 0 Å². The van der Waals surface area contributed by atoms with Crippen LogP contribution in [0.5, 0.6) is 0 Å². The van der Waals surface area contributed by atoms with Crippen LogP contribution in [0.25, 0.3) is 0 Å². The van der Waals surface area contributed by atoms with E-state index in [4.69, 9.17) is 0 Å². The molecule has 2 heteroatoms. The summed E-state index contributed by atoms with van der Waals surface area (Å²) in [6.45, 7) is 5.74. The molecule has 1 aliphatic rings. The largest absolute Gasteiger partial charge is 0.390 e. The Labute approximate surface area is 80.3 Å². The van der Waals surface area contributed by atoms with Crippen LogP contribution in [-0.4, -0.2) is 16.5 Å². The highest BCUT2D eigenvalue weighted by Crippen LogP contribution is 2.31. The van der Waals surface area contributed by atoms with Gasteiger partial charge in [-0.25, -0.2) is 0 Å². The van der Waals surface area contributed by atoms with Gasteiger partial charge >= 0.3 is 0 Å². The Kier molecular flexibility index (Phi) is 3.12. The number of Topliss-reactive ketones (excluding diaryl/α,β-unsaturated/α-hetero) is 1. The van der Waals surface area contributed by atoms with E-state index in [0.717, 1.165) is 12.8 Å². The fraction of sp³-hybridized carbons (Fsp3) is 0.909. The highest BCUT2D eigenvalue weighted by Gasteiger charge is 2.30. The number of rotatable bonds is 2. The third-order valence-electron chi connectivity index (χ3n) is 2.77. The van der Waals surface area contributed by atoms with Crippen LogP contribution in [-0.2, 0) is 4.79 Å². The smallest absolute Gasteiger partial charge is 0.136 e. The SMILES string of the molecule is CC1CCC(=O)C(CC(C)(C)O)C1. The van der Waals surface area contributed by atoms with Crippen LogP contribution >= 0.6 is 0 Å². The second-order valence-electron chi connectivity index (χ2n) is 5.06. The molecule has 1 aliphatic carbocycles. The normalized spacial score (nSPS) is 30.6. The first-order valence-corrected chi connectivity index (χ1v) is 5.13. The van der Waals surface area contributed by atoms with Gasteiger partial charge in [0.25, 0.3) is 0 Å². The molecule has 0 radical (unpaired) electrons. The first-order chi connectivity index (χ1) is 5.88. The lowest BCUT2D eigenvalue weighted by molar-refractivity contribution is -0.127. The molecule has 2 atom stereocenters. The van der Waals surface area contributed by atoms with Gasteiger partial charge in [0.2, 0.25) is 0 Å². The summed E-state index contributed by atoms with van der Waals surface area (Å²) in [6, 6.07) is 0. The minimum Gasteiger partial charge on any atom is -0.390 e. The molecule has 0 aromatic heterocycles. The van der Waals surface area contributed by atoms with Gasteiger partial charge in [-0.3, -0.25) is 4.79 Å². The minimum atomic E-state index is -0.697. The fourth-order valence-corrected chi connectivity index (χ4v) is 2.13. The molecule has 0 aromatic carbocycles. The number of carbonyl (C=O) groups is 1. The molecule has 1 N–H and O–H groups in total. The van der Waals surface area contributed by atoms with Crippen molar-refractivity contribution in [2.45, 2.75) is 52.1 Å². The molecule has 2 nitrogen and oxygen atoms in total. The molecule has 0 spiro atoms. The molecule has 0 amide bonds. The van der Waals surface area contributed by atoms with Crippen LogP contribution < -0.4 is 0 Å². The highest BCUT2D eigenvalue weighted by atomic mass is 16.3. The van der Waals surface area contributed by atoms with E-state index in [9.17, 15) is 9.90 Å². The van der Waals surface area contributed by atoms with Crippen LogP contribution in [0.2, 0.25) is 0 Å². The zero-order valence-electron chi connectivity index (χ0n) is 8.84. The Morgan fingerprint density at radius 2 is 2.15 bits per heavy atom. The first-order valence-electron chi connectivity index (χ1n) is 5.13. The summed E-state index contributed by atoms with van der Waals surface area (Å²) in [5.41, 5.74) is -0.697. The molecule has 0 bridgehead atoms. The maximum absolute atomic E-state index is 11.5. The predicted octanol–water partition coefficient (Wildman–Crippen LogP) is 2.15.